The number of pyridine rings is 1. The van der Waals surface area contributed by atoms with E-state index in [4.69, 9.17) is 9.15 Å². The molecule has 0 fully saturated rings. The van der Waals surface area contributed by atoms with Crippen molar-refractivity contribution in [2.75, 3.05) is 7.11 Å². The molecule has 0 aromatic carbocycles. The summed E-state index contributed by atoms with van der Waals surface area (Å²) in [5.74, 6) is 2.45. The maximum absolute atomic E-state index is 5.76. The minimum Gasteiger partial charge on any atom is -0.495 e. The summed E-state index contributed by atoms with van der Waals surface area (Å²) in [5.41, 5.74) is 0.921. The average Bonchev–Trinajstić information content (AvgIpc) is 2.85. The van der Waals surface area contributed by atoms with Crippen LogP contribution in [0.25, 0.3) is 11.3 Å². The summed E-state index contributed by atoms with van der Waals surface area (Å²) < 4.78 is 10.9. The van der Waals surface area contributed by atoms with Crippen molar-refractivity contribution in [3.05, 3.63) is 36.4 Å². The standard InChI is InChI=1S/C14H18N2O2/c1-10(2)16-9-12-4-5-14(18-12)11-6-13(17-3)8-15-7-11/h4-8,10,16H,9H2,1-3H3. The third kappa shape index (κ3) is 3.11. The molecule has 2 aromatic heterocycles. The predicted molar refractivity (Wildman–Crippen MR) is 70.5 cm³/mol. The molecular formula is C14H18N2O2. The molecule has 1 N–H and O–H groups in total. The molecule has 0 radical (unpaired) electrons. The molecule has 2 rings (SSSR count). The molecule has 0 aliphatic rings. The Morgan fingerprint density at radius 2 is 2.17 bits per heavy atom. The van der Waals surface area contributed by atoms with Crippen LogP contribution in [0.2, 0.25) is 0 Å². The Morgan fingerprint density at radius 3 is 2.89 bits per heavy atom. The fourth-order valence-electron chi connectivity index (χ4n) is 1.60. The van der Waals surface area contributed by atoms with Crippen LogP contribution in [0.1, 0.15) is 19.6 Å². The minimum absolute atomic E-state index is 0.442. The molecule has 96 valence electrons. The number of methoxy groups -OCH3 is 1. The Morgan fingerprint density at radius 1 is 1.33 bits per heavy atom. The smallest absolute Gasteiger partial charge is 0.137 e. The third-order valence-electron chi connectivity index (χ3n) is 2.58. The van der Waals surface area contributed by atoms with Crippen LogP contribution in [0.5, 0.6) is 5.75 Å². The lowest BCUT2D eigenvalue weighted by atomic mass is 10.2. The fourth-order valence-corrected chi connectivity index (χ4v) is 1.60. The number of hydrogen-bond donors (Lipinski definition) is 1. The molecule has 0 bridgehead atoms. The molecule has 4 heteroatoms. The van der Waals surface area contributed by atoms with Crippen molar-refractivity contribution in [2.24, 2.45) is 0 Å². The van der Waals surface area contributed by atoms with Crippen molar-refractivity contribution in [1.82, 2.24) is 10.3 Å². The van der Waals surface area contributed by atoms with Gasteiger partial charge in [0.25, 0.3) is 0 Å². The van der Waals surface area contributed by atoms with Gasteiger partial charge in [-0.3, -0.25) is 4.98 Å². The molecule has 0 amide bonds. The molecule has 0 spiro atoms. The fraction of sp³-hybridized carbons (Fsp3) is 0.357. The van der Waals surface area contributed by atoms with E-state index in [1.165, 1.54) is 0 Å². The highest BCUT2D eigenvalue weighted by Crippen LogP contribution is 2.24. The van der Waals surface area contributed by atoms with E-state index in [1.807, 2.05) is 18.2 Å². The van der Waals surface area contributed by atoms with Gasteiger partial charge in [-0.15, -0.1) is 0 Å². The summed E-state index contributed by atoms with van der Waals surface area (Å²) in [6.45, 7) is 4.95. The van der Waals surface area contributed by atoms with Gasteiger partial charge in [-0.05, 0) is 18.2 Å². The molecule has 0 aliphatic carbocycles. The van der Waals surface area contributed by atoms with Crippen LogP contribution in [-0.2, 0) is 6.54 Å². The highest BCUT2D eigenvalue weighted by Gasteiger charge is 2.06. The van der Waals surface area contributed by atoms with E-state index in [0.29, 0.717) is 6.04 Å². The molecule has 2 aromatic rings. The number of nitrogens with zero attached hydrogens (tertiary/aromatic N) is 1. The number of rotatable bonds is 5. The predicted octanol–water partition coefficient (Wildman–Crippen LogP) is 2.85. The molecule has 0 saturated heterocycles. The Bertz CT molecular complexity index is 506. The van der Waals surface area contributed by atoms with Gasteiger partial charge in [-0.2, -0.15) is 0 Å². The maximum Gasteiger partial charge on any atom is 0.137 e. The lowest BCUT2D eigenvalue weighted by molar-refractivity contribution is 0.412. The zero-order valence-corrected chi connectivity index (χ0v) is 10.9. The SMILES string of the molecule is COc1cncc(-c2ccc(CNC(C)C)o2)c1. The Balaban J connectivity index is 2.13. The summed E-state index contributed by atoms with van der Waals surface area (Å²) in [6, 6.07) is 6.28. The second-order valence-corrected chi connectivity index (χ2v) is 4.42. The van der Waals surface area contributed by atoms with Crippen LogP contribution in [0, 0.1) is 0 Å². The van der Waals surface area contributed by atoms with E-state index in [0.717, 1.165) is 29.4 Å². The zero-order chi connectivity index (χ0) is 13.0. The second kappa shape index (κ2) is 5.69. The normalized spacial score (nSPS) is 10.9. The lowest BCUT2D eigenvalue weighted by Gasteiger charge is -2.05. The van der Waals surface area contributed by atoms with E-state index in [2.05, 4.69) is 24.1 Å². The molecule has 4 nitrogen and oxygen atoms in total. The second-order valence-electron chi connectivity index (χ2n) is 4.42. The van der Waals surface area contributed by atoms with E-state index < -0.39 is 0 Å². The summed E-state index contributed by atoms with van der Waals surface area (Å²) in [7, 11) is 1.63. The van der Waals surface area contributed by atoms with Crippen molar-refractivity contribution < 1.29 is 9.15 Å². The first-order valence-corrected chi connectivity index (χ1v) is 6.00. The number of hydrogen-bond acceptors (Lipinski definition) is 4. The van der Waals surface area contributed by atoms with Crippen molar-refractivity contribution in [3.63, 3.8) is 0 Å². The van der Waals surface area contributed by atoms with E-state index in [-0.39, 0.29) is 0 Å². The maximum atomic E-state index is 5.76. The van der Waals surface area contributed by atoms with Crippen molar-refractivity contribution >= 4 is 0 Å². The monoisotopic (exact) mass is 246 g/mol. The lowest BCUT2D eigenvalue weighted by Crippen LogP contribution is -2.21. The first-order chi connectivity index (χ1) is 8.69. The molecule has 18 heavy (non-hydrogen) atoms. The number of nitrogens with one attached hydrogen (secondary N) is 1. The van der Waals surface area contributed by atoms with Gasteiger partial charge < -0.3 is 14.5 Å². The molecular weight excluding hydrogens is 228 g/mol. The number of ether oxygens (including phenoxy) is 1. The van der Waals surface area contributed by atoms with Gasteiger partial charge in [0.15, 0.2) is 0 Å². The molecule has 2 heterocycles. The summed E-state index contributed by atoms with van der Waals surface area (Å²) in [6.07, 6.45) is 3.44. The van der Waals surface area contributed by atoms with E-state index >= 15 is 0 Å². The van der Waals surface area contributed by atoms with Gasteiger partial charge in [-0.1, -0.05) is 13.8 Å². The van der Waals surface area contributed by atoms with Crippen molar-refractivity contribution in [3.8, 4) is 17.1 Å². The average molecular weight is 246 g/mol. The highest BCUT2D eigenvalue weighted by atomic mass is 16.5. The van der Waals surface area contributed by atoms with Crippen LogP contribution in [-0.4, -0.2) is 18.1 Å². The van der Waals surface area contributed by atoms with Gasteiger partial charge in [0.1, 0.15) is 17.3 Å². The Hall–Kier alpha value is -1.81. The van der Waals surface area contributed by atoms with Crippen LogP contribution < -0.4 is 10.1 Å². The summed E-state index contributed by atoms with van der Waals surface area (Å²) in [5, 5.41) is 3.32. The highest BCUT2D eigenvalue weighted by molar-refractivity contribution is 5.58. The Labute approximate surface area is 107 Å². The minimum atomic E-state index is 0.442. The van der Waals surface area contributed by atoms with Crippen molar-refractivity contribution in [1.29, 1.82) is 0 Å². The van der Waals surface area contributed by atoms with Gasteiger partial charge in [0.2, 0.25) is 0 Å². The van der Waals surface area contributed by atoms with E-state index in [1.54, 1.807) is 19.5 Å². The quantitative estimate of drug-likeness (QED) is 0.881. The molecule has 0 saturated carbocycles. The zero-order valence-electron chi connectivity index (χ0n) is 10.9. The van der Waals surface area contributed by atoms with E-state index in [9.17, 15) is 0 Å². The Kier molecular flexibility index (Phi) is 3.99. The van der Waals surface area contributed by atoms with Crippen LogP contribution >= 0.6 is 0 Å². The van der Waals surface area contributed by atoms with Crippen LogP contribution in [0.4, 0.5) is 0 Å². The first kappa shape index (κ1) is 12.6. The topological polar surface area (TPSA) is 47.3 Å². The number of aromatic nitrogens is 1. The molecule has 0 aliphatic heterocycles. The molecule has 0 unspecified atom stereocenters. The third-order valence-corrected chi connectivity index (χ3v) is 2.58. The number of furan rings is 1. The van der Waals surface area contributed by atoms with Gasteiger partial charge >= 0.3 is 0 Å². The largest absolute Gasteiger partial charge is 0.495 e. The summed E-state index contributed by atoms with van der Waals surface area (Å²) >= 11 is 0. The van der Waals surface area contributed by atoms with Gasteiger partial charge in [-0.25, -0.2) is 0 Å². The van der Waals surface area contributed by atoms with Crippen molar-refractivity contribution in [2.45, 2.75) is 26.4 Å². The van der Waals surface area contributed by atoms with Gasteiger partial charge in [0, 0.05) is 17.8 Å². The first-order valence-electron chi connectivity index (χ1n) is 6.00. The van der Waals surface area contributed by atoms with Gasteiger partial charge in [0.05, 0.1) is 19.9 Å². The van der Waals surface area contributed by atoms with Crippen LogP contribution in [0.3, 0.4) is 0 Å². The molecule has 0 atom stereocenters. The summed E-state index contributed by atoms with van der Waals surface area (Å²) in [4.78, 5) is 4.11. The van der Waals surface area contributed by atoms with Crippen LogP contribution in [0.15, 0.2) is 35.0 Å².